The van der Waals surface area contributed by atoms with Crippen LogP contribution in [0.1, 0.15) is 143 Å². The molecule has 0 spiro atoms. The molecule has 0 saturated heterocycles. The van der Waals surface area contributed by atoms with Crippen LogP contribution in [0.5, 0.6) is 0 Å². The Bertz CT molecular complexity index is 1140. The second-order valence-corrected chi connectivity index (χ2v) is 12.7. The van der Waals surface area contributed by atoms with E-state index in [4.69, 9.17) is 0 Å². The largest absolute Gasteiger partial charge is 0.0654 e. The molecule has 0 aliphatic rings. The van der Waals surface area contributed by atoms with Gasteiger partial charge in [-0.3, -0.25) is 0 Å². The Balaban J connectivity index is 1.49. The lowest BCUT2D eigenvalue weighted by Crippen LogP contribution is -2.10. The van der Waals surface area contributed by atoms with E-state index in [9.17, 15) is 0 Å². The summed E-state index contributed by atoms with van der Waals surface area (Å²) in [6, 6.07) is 41.6. The minimum Gasteiger partial charge on any atom is -0.0654 e. The van der Waals surface area contributed by atoms with E-state index in [0.717, 1.165) is 6.42 Å². The fraction of sp³-hybridized carbons (Fsp3) is 0.442. The van der Waals surface area contributed by atoms with Crippen LogP contribution in [-0.2, 0) is 12.8 Å². The fourth-order valence-electron chi connectivity index (χ4n) is 6.59. The maximum atomic E-state index is 2.41. The van der Waals surface area contributed by atoms with Crippen molar-refractivity contribution in [2.45, 2.75) is 122 Å². The van der Waals surface area contributed by atoms with Crippen LogP contribution >= 0.6 is 0 Å². The highest BCUT2D eigenvalue weighted by molar-refractivity contribution is 5.39. The molecule has 4 aromatic carbocycles. The average molecular weight is 573 g/mol. The Morgan fingerprint density at radius 2 is 0.674 bits per heavy atom. The zero-order valence-corrected chi connectivity index (χ0v) is 27.2. The van der Waals surface area contributed by atoms with Crippen molar-refractivity contribution in [1.29, 1.82) is 0 Å². The molecule has 0 bridgehead atoms. The van der Waals surface area contributed by atoms with Crippen LogP contribution in [-0.4, -0.2) is 0 Å². The third-order valence-electron chi connectivity index (χ3n) is 9.28. The Morgan fingerprint density at radius 1 is 0.349 bits per heavy atom. The van der Waals surface area contributed by atoms with E-state index in [1.165, 1.54) is 123 Å². The summed E-state index contributed by atoms with van der Waals surface area (Å²) in [5.74, 6) is 0.689. The molecule has 0 amide bonds. The molecule has 0 radical (unpaired) electrons. The minimum absolute atomic E-state index is 0.345. The number of hydrogen-bond donors (Lipinski definition) is 0. The van der Waals surface area contributed by atoms with Crippen LogP contribution in [0.3, 0.4) is 0 Å². The number of aryl methyl sites for hydroxylation is 2. The zero-order valence-electron chi connectivity index (χ0n) is 27.2. The smallest absolute Gasteiger partial charge is 0.00983 e. The van der Waals surface area contributed by atoms with Gasteiger partial charge in [-0.15, -0.1) is 0 Å². The van der Waals surface area contributed by atoms with E-state index in [1.54, 1.807) is 0 Å². The predicted molar refractivity (Wildman–Crippen MR) is 188 cm³/mol. The van der Waals surface area contributed by atoms with Gasteiger partial charge in [-0.25, -0.2) is 0 Å². The van der Waals surface area contributed by atoms with E-state index >= 15 is 0 Å². The molecule has 0 saturated carbocycles. The summed E-state index contributed by atoms with van der Waals surface area (Å²) in [5, 5.41) is 0. The third kappa shape index (κ3) is 11.1. The molecule has 0 aliphatic heterocycles. The molecule has 0 aliphatic carbocycles. The average Bonchev–Trinajstić information content (AvgIpc) is 3.06. The van der Waals surface area contributed by atoms with E-state index in [2.05, 4.69) is 123 Å². The van der Waals surface area contributed by atoms with Crippen molar-refractivity contribution in [2.24, 2.45) is 0 Å². The monoisotopic (exact) mass is 572 g/mol. The Labute approximate surface area is 264 Å². The standard InChI is InChI=1S/C43H56/c1-3-5-7-9-11-15-21-36-27-31-40(32-28-36)42(38-23-17-13-18-24-38)35-43(39-25-19-14-20-26-39)41-33-29-37(30-34-41)22-16-12-10-8-6-4-2/h13-14,17-20,23-34,42-43H,3-12,15-16,21-22,35H2,1-2H3. The van der Waals surface area contributed by atoms with Gasteiger partial charge in [0.25, 0.3) is 0 Å². The number of rotatable bonds is 20. The molecular formula is C43H56. The summed E-state index contributed by atoms with van der Waals surface area (Å²) >= 11 is 0. The van der Waals surface area contributed by atoms with Gasteiger partial charge in [0.05, 0.1) is 0 Å². The first-order valence-corrected chi connectivity index (χ1v) is 17.6. The lowest BCUT2D eigenvalue weighted by Gasteiger charge is -2.26. The van der Waals surface area contributed by atoms with Gasteiger partial charge in [0, 0.05) is 11.8 Å². The normalized spacial score (nSPS) is 12.7. The van der Waals surface area contributed by atoms with Gasteiger partial charge in [0.2, 0.25) is 0 Å². The first kappa shape index (κ1) is 32.8. The Kier molecular flexibility index (Phi) is 14.7. The maximum Gasteiger partial charge on any atom is 0.00983 e. The van der Waals surface area contributed by atoms with Gasteiger partial charge in [-0.1, -0.05) is 187 Å². The SMILES string of the molecule is CCCCCCCCc1ccc(C(CC(c2ccccc2)c2ccc(CCCCCCCC)cc2)c2ccccc2)cc1. The lowest BCUT2D eigenvalue weighted by molar-refractivity contribution is 0.607. The molecule has 228 valence electrons. The van der Waals surface area contributed by atoms with Crippen molar-refractivity contribution < 1.29 is 0 Å². The first-order valence-electron chi connectivity index (χ1n) is 17.6. The van der Waals surface area contributed by atoms with Crippen molar-refractivity contribution in [1.82, 2.24) is 0 Å². The summed E-state index contributed by atoms with van der Waals surface area (Å²) in [6.45, 7) is 4.58. The molecule has 2 unspecified atom stereocenters. The van der Waals surface area contributed by atoms with Crippen LogP contribution in [0.15, 0.2) is 109 Å². The molecule has 0 N–H and O–H groups in total. The first-order chi connectivity index (χ1) is 21.3. The second-order valence-electron chi connectivity index (χ2n) is 12.7. The summed E-state index contributed by atoms with van der Waals surface area (Å²) in [4.78, 5) is 0. The minimum atomic E-state index is 0.345. The molecule has 0 fully saturated rings. The van der Waals surface area contributed by atoms with Crippen molar-refractivity contribution in [3.05, 3.63) is 143 Å². The summed E-state index contributed by atoms with van der Waals surface area (Å²) in [6.07, 6.45) is 19.7. The van der Waals surface area contributed by atoms with Crippen LogP contribution in [0.25, 0.3) is 0 Å². The zero-order chi connectivity index (χ0) is 30.0. The molecule has 0 aromatic heterocycles. The predicted octanol–water partition coefficient (Wildman–Crippen LogP) is 12.8. The molecule has 4 aromatic rings. The summed E-state index contributed by atoms with van der Waals surface area (Å²) < 4.78 is 0. The summed E-state index contributed by atoms with van der Waals surface area (Å²) in [7, 11) is 0. The lowest BCUT2D eigenvalue weighted by atomic mass is 9.78. The van der Waals surface area contributed by atoms with Crippen LogP contribution < -0.4 is 0 Å². The molecule has 0 heterocycles. The highest BCUT2D eigenvalue weighted by Crippen LogP contribution is 2.39. The van der Waals surface area contributed by atoms with Gasteiger partial charge in [0.15, 0.2) is 0 Å². The molecule has 0 heteroatoms. The number of unbranched alkanes of at least 4 members (excludes halogenated alkanes) is 10. The van der Waals surface area contributed by atoms with Crippen molar-refractivity contribution >= 4 is 0 Å². The van der Waals surface area contributed by atoms with E-state index in [-0.39, 0.29) is 0 Å². The van der Waals surface area contributed by atoms with Crippen LogP contribution in [0.4, 0.5) is 0 Å². The topological polar surface area (TPSA) is 0 Å². The van der Waals surface area contributed by atoms with Crippen molar-refractivity contribution in [3.8, 4) is 0 Å². The van der Waals surface area contributed by atoms with Gasteiger partial charge >= 0.3 is 0 Å². The summed E-state index contributed by atoms with van der Waals surface area (Å²) in [5.41, 5.74) is 8.63. The van der Waals surface area contributed by atoms with Gasteiger partial charge in [0.1, 0.15) is 0 Å². The van der Waals surface area contributed by atoms with Crippen molar-refractivity contribution in [3.63, 3.8) is 0 Å². The third-order valence-corrected chi connectivity index (χ3v) is 9.28. The van der Waals surface area contributed by atoms with Gasteiger partial charge in [-0.2, -0.15) is 0 Å². The van der Waals surface area contributed by atoms with Crippen LogP contribution in [0, 0.1) is 0 Å². The maximum absolute atomic E-state index is 2.41. The second kappa shape index (κ2) is 19.2. The highest BCUT2D eigenvalue weighted by Gasteiger charge is 2.23. The van der Waals surface area contributed by atoms with Crippen LogP contribution in [0.2, 0.25) is 0 Å². The molecule has 4 rings (SSSR count). The quantitative estimate of drug-likeness (QED) is 0.0924. The van der Waals surface area contributed by atoms with E-state index < -0.39 is 0 Å². The molecule has 43 heavy (non-hydrogen) atoms. The molecule has 2 atom stereocenters. The van der Waals surface area contributed by atoms with Gasteiger partial charge < -0.3 is 0 Å². The van der Waals surface area contributed by atoms with Gasteiger partial charge in [-0.05, 0) is 65.5 Å². The Hall–Kier alpha value is -3.12. The fourth-order valence-corrected chi connectivity index (χ4v) is 6.59. The van der Waals surface area contributed by atoms with E-state index in [0.29, 0.717) is 11.8 Å². The Morgan fingerprint density at radius 3 is 1.05 bits per heavy atom. The van der Waals surface area contributed by atoms with Crippen molar-refractivity contribution in [2.75, 3.05) is 0 Å². The number of benzene rings is 4. The van der Waals surface area contributed by atoms with E-state index in [1.807, 2.05) is 0 Å². The molecular weight excluding hydrogens is 516 g/mol. The number of hydrogen-bond acceptors (Lipinski definition) is 0. The molecule has 0 nitrogen and oxygen atoms in total. The highest BCUT2D eigenvalue weighted by atomic mass is 14.3.